The van der Waals surface area contributed by atoms with Gasteiger partial charge in [0.25, 0.3) is 0 Å². The first-order valence-electron chi connectivity index (χ1n) is 4.62. The number of allylic oxidation sites excluding steroid dienone is 3. The van der Waals surface area contributed by atoms with E-state index in [-0.39, 0.29) is 0 Å². The SMILES string of the molecule is COc1ccc([SH]2C=CC=C2C=O)cc1. The monoisotopic (exact) mass is 220 g/mol. The van der Waals surface area contributed by atoms with E-state index in [1.807, 2.05) is 36.4 Å². The minimum absolute atomic E-state index is 0.564. The van der Waals surface area contributed by atoms with Crippen LogP contribution in [0.3, 0.4) is 0 Å². The summed E-state index contributed by atoms with van der Waals surface area (Å²) in [6, 6.07) is 7.87. The molecule has 15 heavy (non-hydrogen) atoms. The van der Waals surface area contributed by atoms with E-state index in [1.54, 1.807) is 7.11 Å². The lowest BCUT2D eigenvalue weighted by Crippen LogP contribution is -1.86. The number of ether oxygens (including phenoxy) is 1. The summed E-state index contributed by atoms with van der Waals surface area (Å²) in [5.74, 6) is 0.841. The molecule has 1 atom stereocenters. The molecule has 1 unspecified atom stereocenters. The van der Waals surface area contributed by atoms with Crippen LogP contribution in [0.15, 0.2) is 51.6 Å². The molecule has 1 aromatic carbocycles. The molecule has 0 fully saturated rings. The van der Waals surface area contributed by atoms with E-state index in [4.69, 9.17) is 4.74 Å². The van der Waals surface area contributed by atoms with Crippen LogP contribution in [0.4, 0.5) is 0 Å². The molecular weight excluding hydrogens is 208 g/mol. The van der Waals surface area contributed by atoms with Crippen molar-refractivity contribution in [3.05, 3.63) is 46.7 Å². The maximum absolute atomic E-state index is 10.8. The van der Waals surface area contributed by atoms with Gasteiger partial charge in [-0.05, 0) is 40.6 Å². The molecule has 1 heterocycles. The molecule has 0 amide bonds. The average molecular weight is 220 g/mol. The molecule has 0 saturated carbocycles. The summed E-state index contributed by atoms with van der Waals surface area (Å²) < 4.78 is 5.09. The van der Waals surface area contributed by atoms with E-state index in [0.29, 0.717) is 0 Å². The number of carbonyl (C=O) groups excluding carboxylic acids is 1. The molecule has 3 heteroatoms. The first-order valence-corrected chi connectivity index (χ1v) is 6.03. The Morgan fingerprint density at radius 3 is 2.60 bits per heavy atom. The van der Waals surface area contributed by atoms with Gasteiger partial charge in [-0.3, -0.25) is 4.79 Å². The van der Waals surface area contributed by atoms with Crippen LogP contribution in [-0.4, -0.2) is 13.4 Å². The fraction of sp³-hybridized carbons (Fsp3) is 0.0833. The number of carbonyl (C=O) groups is 1. The average Bonchev–Trinajstić information content (AvgIpc) is 2.77. The molecule has 2 nitrogen and oxygen atoms in total. The second kappa shape index (κ2) is 4.36. The minimum atomic E-state index is -0.564. The van der Waals surface area contributed by atoms with Crippen LogP contribution in [0.5, 0.6) is 5.75 Å². The summed E-state index contributed by atoms with van der Waals surface area (Å²) in [6.07, 6.45) is 4.76. The van der Waals surface area contributed by atoms with Gasteiger partial charge in [-0.15, -0.1) is 0 Å². The predicted molar refractivity (Wildman–Crippen MR) is 63.5 cm³/mol. The number of rotatable bonds is 3. The van der Waals surface area contributed by atoms with Crippen molar-refractivity contribution in [2.75, 3.05) is 7.11 Å². The van der Waals surface area contributed by atoms with Crippen LogP contribution in [0.2, 0.25) is 0 Å². The van der Waals surface area contributed by atoms with Gasteiger partial charge >= 0.3 is 0 Å². The summed E-state index contributed by atoms with van der Waals surface area (Å²) in [7, 11) is 1.08. The molecule has 2 rings (SSSR count). The van der Waals surface area contributed by atoms with Crippen molar-refractivity contribution in [3.8, 4) is 5.75 Å². The third kappa shape index (κ3) is 1.97. The highest BCUT2D eigenvalue weighted by Gasteiger charge is 2.11. The van der Waals surface area contributed by atoms with Gasteiger partial charge in [0.1, 0.15) is 5.75 Å². The van der Waals surface area contributed by atoms with Gasteiger partial charge in [0.05, 0.1) is 7.11 Å². The lowest BCUT2D eigenvalue weighted by molar-refractivity contribution is -0.104. The molecule has 0 spiro atoms. The normalized spacial score (nSPS) is 21.1. The van der Waals surface area contributed by atoms with Crippen LogP contribution in [0.25, 0.3) is 0 Å². The summed E-state index contributed by atoms with van der Waals surface area (Å²) in [4.78, 5) is 12.8. The first-order chi connectivity index (χ1) is 7.35. The maximum Gasteiger partial charge on any atom is 0.155 e. The third-order valence-electron chi connectivity index (χ3n) is 2.25. The van der Waals surface area contributed by atoms with Crippen molar-refractivity contribution in [1.82, 2.24) is 0 Å². The quantitative estimate of drug-likeness (QED) is 0.626. The highest BCUT2D eigenvalue weighted by atomic mass is 32.2. The summed E-state index contributed by atoms with van der Waals surface area (Å²) in [6.45, 7) is 0. The van der Waals surface area contributed by atoms with Gasteiger partial charge < -0.3 is 4.74 Å². The smallest absolute Gasteiger partial charge is 0.155 e. The molecule has 0 bridgehead atoms. The Bertz CT molecular complexity index is 418. The Morgan fingerprint density at radius 1 is 1.27 bits per heavy atom. The van der Waals surface area contributed by atoms with Gasteiger partial charge in [0, 0.05) is 4.91 Å². The van der Waals surface area contributed by atoms with Crippen molar-refractivity contribution in [3.63, 3.8) is 0 Å². The molecule has 0 aromatic heterocycles. The third-order valence-corrected chi connectivity index (χ3v) is 4.39. The Hall–Kier alpha value is -1.48. The zero-order valence-electron chi connectivity index (χ0n) is 8.38. The Morgan fingerprint density at radius 2 is 2.00 bits per heavy atom. The molecule has 0 radical (unpaired) electrons. The molecule has 0 aliphatic carbocycles. The van der Waals surface area contributed by atoms with Crippen molar-refractivity contribution in [1.29, 1.82) is 0 Å². The molecule has 1 aliphatic rings. The number of thiol groups is 1. The van der Waals surface area contributed by atoms with Crippen LogP contribution in [0, 0.1) is 0 Å². The molecular formula is C12H12O2S. The Labute approximate surface area is 91.6 Å². The van der Waals surface area contributed by atoms with E-state index in [2.05, 4.69) is 5.41 Å². The number of hydrogen-bond acceptors (Lipinski definition) is 2. The Balaban J connectivity index is 2.26. The lowest BCUT2D eigenvalue weighted by atomic mass is 10.3. The molecule has 0 saturated heterocycles. The minimum Gasteiger partial charge on any atom is -0.497 e. The van der Waals surface area contributed by atoms with E-state index in [0.717, 1.165) is 16.9 Å². The largest absolute Gasteiger partial charge is 0.497 e. The summed E-state index contributed by atoms with van der Waals surface area (Å²) in [5.41, 5.74) is 0. The van der Waals surface area contributed by atoms with Gasteiger partial charge in [-0.1, -0.05) is 6.08 Å². The highest BCUT2D eigenvalue weighted by Crippen LogP contribution is 2.47. The van der Waals surface area contributed by atoms with Crippen molar-refractivity contribution >= 4 is 17.2 Å². The van der Waals surface area contributed by atoms with Crippen molar-refractivity contribution in [2.45, 2.75) is 4.90 Å². The summed E-state index contributed by atoms with van der Waals surface area (Å²) >= 11 is 0. The fourth-order valence-corrected chi connectivity index (χ4v) is 3.20. The van der Waals surface area contributed by atoms with Crippen LogP contribution < -0.4 is 4.74 Å². The molecule has 1 aliphatic heterocycles. The molecule has 78 valence electrons. The number of methoxy groups -OCH3 is 1. The second-order valence-electron chi connectivity index (χ2n) is 3.12. The number of hydrogen-bond donors (Lipinski definition) is 1. The zero-order chi connectivity index (χ0) is 10.7. The fourth-order valence-electron chi connectivity index (χ4n) is 1.47. The number of aldehydes is 1. The van der Waals surface area contributed by atoms with E-state index in [9.17, 15) is 4.79 Å². The van der Waals surface area contributed by atoms with E-state index < -0.39 is 10.9 Å². The molecule has 0 N–H and O–H groups in total. The van der Waals surface area contributed by atoms with E-state index >= 15 is 0 Å². The summed E-state index contributed by atoms with van der Waals surface area (Å²) in [5, 5.41) is 2.08. The van der Waals surface area contributed by atoms with Gasteiger partial charge in [0.2, 0.25) is 0 Å². The van der Waals surface area contributed by atoms with Gasteiger partial charge in [-0.25, -0.2) is 0 Å². The van der Waals surface area contributed by atoms with Crippen LogP contribution in [-0.2, 0) is 4.79 Å². The van der Waals surface area contributed by atoms with Crippen molar-refractivity contribution in [2.24, 2.45) is 0 Å². The number of benzene rings is 1. The zero-order valence-corrected chi connectivity index (χ0v) is 9.28. The van der Waals surface area contributed by atoms with E-state index in [1.165, 1.54) is 4.90 Å². The van der Waals surface area contributed by atoms with Gasteiger partial charge in [-0.2, -0.15) is 10.9 Å². The predicted octanol–water partition coefficient (Wildman–Crippen LogP) is 2.67. The second-order valence-corrected chi connectivity index (χ2v) is 5.19. The van der Waals surface area contributed by atoms with Crippen molar-refractivity contribution < 1.29 is 9.53 Å². The highest BCUT2D eigenvalue weighted by molar-refractivity contribution is 8.23. The standard InChI is InChI=1S/C12H12O2S/c1-14-10-4-6-11(7-5-10)15-8-2-3-12(15)9-13/h2-9,15H,1H3. The van der Waals surface area contributed by atoms with Crippen LogP contribution in [0.1, 0.15) is 0 Å². The lowest BCUT2D eigenvalue weighted by Gasteiger charge is -2.14. The molecule has 1 aromatic rings. The van der Waals surface area contributed by atoms with Gasteiger partial charge in [0.15, 0.2) is 6.29 Å². The first kappa shape index (κ1) is 10.1. The van der Waals surface area contributed by atoms with Crippen LogP contribution >= 0.6 is 10.9 Å². The topological polar surface area (TPSA) is 26.3 Å². The Kier molecular flexibility index (Phi) is 2.92. The maximum atomic E-state index is 10.8.